The standard InChI is InChI=1S/C11H24N4/c1-6-15(9-11(3,13)8-12)10(2)7-14(4)5/h10H,6-7,9,13H2,1-5H3. The first-order valence-electron chi connectivity index (χ1n) is 5.41. The highest BCUT2D eigenvalue weighted by molar-refractivity contribution is 5.03. The molecule has 0 spiro atoms. The second kappa shape index (κ2) is 6.06. The molecule has 2 N–H and O–H groups in total. The summed E-state index contributed by atoms with van der Waals surface area (Å²) in [5.74, 6) is 0. The van der Waals surface area contributed by atoms with Crippen LogP contribution in [0.4, 0.5) is 0 Å². The predicted octanol–water partition coefficient (Wildman–Crippen LogP) is 0.499. The number of hydrogen-bond acceptors (Lipinski definition) is 4. The summed E-state index contributed by atoms with van der Waals surface area (Å²) >= 11 is 0. The third-order valence-corrected chi connectivity index (χ3v) is 2.45. The van der Waals surface area contributed by atoms with Gasteiger partial charge in [-0.25, -0.2) is 0 Å². The molecule has 0 fully saturated rings. The molecule has 0 aromatic carbocycles. The zero-order valence-corrected chi connectivity index (χ0v) is 10.6. The van der Waals surface area contributed by atoms with Crippen LogP contribution in [0.3, 0.4) is 0 Å². The molecule has 0 saturated carbocycles. The summed E-state index contributed by atoms with van der Waals surface area (Å²) in [4.78, 5) is 4.39. The number of hydrogen-bond donors (Lipinski definition) is 1. The van der Waals surface area contributed by atoms with Crippen molar-refractivity contribution in [2.45, 2.75) is 32.4 Å². The maximum atomic E-state index is 8.89. The lowest BCUT2D eigenvalue weighted by molar-refractivity contribution is 0.163. The number of rotatable bonds is 6. The maximum Gasteiger partial charge on any atom is 0.114 e. The summed E-state index contributed by atoms with van der Waals surface area (Å²) < 4.78 is 0. The Morgan fingerprint density at radius 1 is 1.47 bits per heavy atom. The molecular weight excluding hydrogens is 188 g/mol. The van der Waals surface area contributed by atoms with E-state index in [-0.39, 0.29) is 0 Å². The normalized spacial score (nSPS) is 17.5. The van der Waals surface area contributed by atoms with Crippen molar-refractivity contribution in [2.24, 2.45) is 5.73 Å². The first-order chi connectivity index (χ1) is 6.82. The largest absolute Gasteiger partial charge is 0.313 e. The molecule has 0 aromatic heterocycles. The van der Waals surface area contributed by atoms with Crippen molar-refractivity contribution >= 4 is 0 Å². The van der Waals surface area contributed by atoms with Gasteiger partial charge in [-0.05, 0) is 34.5 Å². The minimum absolute atomic E-state index is 0.418. The van der Waals surface area contributed by atoms with E-state index in [9.17, 15) is 0 Å². The molecule has 0 aliphatic heterocycles. The molecule has 2 atom stereocenters. The van der Waals surface area contributed by atoms with Gasteiger partial charge in [0.2, 0.25) is 0 Å². The lowest BCUT2D eigenvalue weighted by atomic mass is 10.0. The van der Waals surface area contributed by atoms with Crippen molar-refractivity contribution in [3.05, 3.63) is 0 Å². The Morgan fingerprint density at radius 2 is 2.00 bits per heavy atom. The first kappa shape index (κ1) is 14.4. The van der Waals surface area contributed by atoms with Crippen molar-refractivity contribution in [1.82, 2.24) is 9.80 Å². The molecule has 0 aromatic rings. The van der Waals surface area contributed by atoms with Crippen molar-refractivity contribution < 1.29 is 0 Å². The van der Waals surface area contributed by atoms with Gasteiger partial charge in [-0.1, -0.05) is 6.92 Å². The van der Waals surface area contributed by atoms with E-state index in [1.54, 1.807) is 6.92 Å². The molecule has 0 bridgehead atoms. The van der Waals surface area contributed by atoms with Gasteiger partial charge in [0, 0.05) is 19.1 Å². The molecule has 0 saturated heterocycles. The lowest BCUT2D eigenvalue weighted by Gasteiger charge is -2.33. The van der Waals surface area contributed by atoms with E-state index >= 15 is 0 Å². The van der Waals surface area contributed by atoms with Gasteiger partial charge in [0.15, 0.2) is 0 Å². The molecule has 0 heterocycles. The van der Waals surface area contributed by atoms with Crippen molar-refractivity contribution in [3.63, 3.8) is 0 Å². The van der Waals surface area contributed by atoms with Crippen LogP contribution in [0.15, 0.2) is 0 Å². The summed E-state index contributed by atoms with van der Waals surface area (Å²) in [6.45, 7) is 8.56. The molecular formula is C11H24N4. The Morgan fingerprint density at radius 3 is 2.33 bits per heavy atom. The Kier molecular flexibility index (Phi) is 5.81. The summed E-state index contributed by atoms with van der Waals surface area (Å²) in [7, 11) is 4.10. The summed E-state index contributed by atoms with van der Waals surface area (Å²) in [5.41, 5.74) is 5.09. The van der Waals surface area contributed by atoms with Crippen LogP contribution >= 0.6 is 0 Å². The zero-order valence-electron chi connectivity index (χ0n) is 10.6. The molecule has 0 aliphatic rings. The van der Waals surface area contributed by atoms with Crippen LogP contribution in [0.25, 0.3) is 0 Å². The summed E-state index contributed by atoms with van der Waals surface area (Å²) in [6, 6.07) is 2.55. The molecule has 0 aliphatic carbocycles. The molecule has 0 rings (SSSR count). The van der Waals surface area contributed by atoms with E-state index in [0.29, 0.717) is 12.6 Å². The van der Waals surface area contributed by atoms with Crippen LogP contribution < -0.4 is 5.73 Å². The Balaban J connectivity index is 4.31. The number of nitriles is 1. The van der Waals surface area contributed by atoms with E-state index in [1.165, 1.54) is 0 Å². The van der Waals surface area contributed by atoms with Crippen molar-refractivity contribution in [2.75, 3.05) is 33.7 Å². The van der Waals surface area contributed by atoms with Gasteiger partial charge < -0.3 is 10.6 Å². The quantitative estimate of drug-likeness (QED) is 0.696. The van der Waals surface area contributed by atoms with Crippen LogP contribution in [0.2, 0.25) is 0 Å². The highest BCUT2D eigenvalue weighted by Crippen LogP contribution is 2.06. The third-order valence-electron chi connectivity index (χ3n) is 2.45. The van der Waals surface area contributed by atoms with Crippen LogP contribution in [-0.4, -0.2) is 55.1 Å². The Bertz CT molecular complexity index is 217. The van der Waals surface area contributed by atoms with Gasteiger partial charge in [0.1, 0.15) is 5.54 Å². The van der Waals surface area contributed by atoms with Crippen LogP contribution in [0.5, 0.6) is 0 Å². The molecule has 4 heteroatoms. The van der Waals surface area contributed by atoms with E-state index < -0.39 is 5.54 Å². The van der Waals surface area contributed by atoms with Gasteiger partial charge in [-0.3, -0.25) is 4.90 Å². The lowest BCUT2D eigenvalue weighted by Crippen LogP contribution is -2.51. The average Bonchev–Trinajstić information content (AvgIpc) is 2.13. The smallest absolute Gasteiger partial charge is 0.114 e. The monoisotopic (exact) mass is 212 g/mol. The molecule has 15 heavy (non-hydrogen) atoms. The van der Waals surface area contributed by atoms with E-state index in [1.807, 2.05) is 0 Å². The van der Waals surface area contributed by atoms with Crippen LogP contribution in [0.1, 0.15) is 20.8 Å². The maximum absolute atomic E-state index is 8.89. The van der Waals surface area contributed by atoms with Gasteiger partial charge >= 0.3 is 0 Å². The number of nitrogens with zero attached hydrogens (tertiary/aromatic N) is 3. The highest BCUT2D eigenvalue weighted by atomic mass is 15.2. The fourth-order valence-corrected chi connectivity index (χ4v) is 1.68. The fraction of sp³-hybridized carbons (Fsp3) is 0.909. The first-order valence-corrected chi connectivity index (χ1v) is 5.41. The SMILES string of the molecule is CCN(CC(C)(N)C#N)C(C)CN(C)C. The van der Waals surface area contributed by atoms with E-state index in [2.05, 4.69) is 43.8 Å². The fourth-order valence-electron chi connectivity index (χ4n) is 1.68. The minimum Gasteiger partial charge on any atom is -0.313 e. The molecule has 0 radical (unpaired) electrons. The van der Waals surface area contributed by atoms with Gasteiger partial charge in [-0.2, -0.15) is 5.26 Å². The Labute approximate surface area is 93.6 Å². The Hall–Kier alpha value is -0.630. The topological polar surface area (TPSA) is 56.3 Å². The van der Waals surface area contributed by atoms with Gasteiger partial charge in [0.05, 0.1) is 6.07 Å². The van der Waals surface area contributed by atoms with Crippen molar-refractivity contribution in [3.8, 4) is 6.07 Å². The minimum atomic E-state index is -0.753. The predicted molar refractivity (Wildman–Crippen MR) is 63.5 cm³/mol. The average molecular weight is 212 g/mol. The van der Waals surface area contributed by atoms with Crippen molar-refractivity contribution in [1.29, 1.82) is 5.26 Å². The van der Waals surface area contributed by atoms with Crippen LogP contribution in [-0.2, 0) is 0 Å². The molecule has 4 nitrogen and oxygen atoms in total. The second-order valence-electron chi connectivity index (χ2n) is 4.70. The molecule has 2 unspecified atom stereocenters. The van der Waals surface area contributed by atoms with Crippen LogP contribution in [0, 0.1) is 11.3 Å². The van der Waals surface area contributed by atoms with E-state index in [4.69, 9.17) is 11.0 Å². The van der Waals surface area contributed by atoms with E-state index in [0.717, 1.165) is 13.1 Å². The molecule has 88 valence electrons. The third kappa shape index (κ3) is 5.73. The highest BCUT2D eigenvalue weighted by Gasteiger charge is 2.24. The second-order valence-corrected chi connectivity index (χ2v) is 4.70. The van der Waals surface area contributed by atoms with Gasteiger partial charge in [0.25, 0.3) is 0 Å². The zero-order chi connectivity index (χ0) is 12.1. The number of likely N-dealkylation sites (N-methyl/N-ethyl adjacent to an activating group) is 2. The molecule has 0 amide bonds. The summed E-state index contributed by atoms with van der Waals surface area (Å²) in [5, 5.41) is 8.89. The number of nitrogens with two attached hydrogens (primary N) is 1. The summed E-state index contributed by atoms with van der Waals surface area (Å²) in [6.07, 6.45) is 0. The van der Waals surface area contributed by atoms with Gasteiger partial charge in [-0.15, -0.1) is 0 Å².